The summed E-state index contributed by atoms with van der Waals surface area (Å²) in [4.78, 5) is 11.9. The van der Waals surface area contributed by atoms with Crippen molar-refractivity contribution in [2.45, 2.75) is 20.1 Å². The van der Waals surface area contributed by atoms with Crippen molar-refractivity contribution in [3.63, 3.8) is 0 Å². The van der Waals surface area contributed by atoms with Gasteiger partial charge in [-0.2, -0.15) is 5.10 Å². The number of aliphatic hydroxyl groups excluding tert-OH is 1. The Bertz CT molecular complexity index is 561. The highest BCUT2D eigenvalue weighted by Gasteiger charge is 2.06. The van der Waals surface area contributed by atoms with E-state index in [1.807, 2.05) is 30.3 Å². The van der Waals surface area contributed by atoms with Crippen LogP contribution in [0, 0.1) is 6.92 Å². The van der Waals surface area contributed by atoms with Crippen molar-refractivity contribution in [3.05, 3.63) is 63.6 Å². The lowest BCUT2D eigenvalue weighted by molar-refractivity contribution is 0.279. The highest BCUT2D eigenvalue weighted by atomic mass is 16.3. The molecule has 0 atom stereocenters. The molecule has 0 amide bonds. The van der Waals surface area contributed by atoms with Crippen molar-refractivity contribution >= 4 is 0 Å². The van der Waals surface area contributed by atoms with Crippen molar-refractivity contribution in [2.75, 3.05) is 0 Å². The molecule has 0 saturated carbocycles. The zero-order valence-electron chi connectivity index (χ0n) is 9.63. The summed E-state index contributed by atoms with van der Waals surface area (Å²) in [6, 6.07) is 9.68. The first-order chi connectivity index (χ1) is 8.22. The summed E-state index contributed by atoms with van der Waals surface area (Å²) in [6.45, 7) is 2.00. The third kappa shape index (κ3) is 2.42. The quantitative estimate of drug-likeness (QED) is 0.858. The summed E-state index contributed by atoms with van der Waals surface area (Å²) in [5.41, 5.74) is 2.01. The van der Waals surface area contributed by atoms with Crippen molar-refractivity contribution in [3.8, 4) is 0 Å². The van der Waals surface area contributed by atoms with E-state index < -0.39 is 0 Å². The number of hydrogen-bond donors (Lipinski definition) is 1. The fourth-order valence-electron chi connectivity index (χ4n) is 1.65. The van der Waals surface area contributed by atoms with Gasteiger partial charge >= 0.3 is 0 Å². The van der Waals surface area contributed by atoms with E-state index in [0.29, 0.717) is 17.7 Å². The van der Waals surface area contributed by atoms with Gasteiger partial charge in [-0.3, -0.25) is 4.79 Å². The lowest BCUT2D eigenvalue weighted by Gasteiger charge is -2.07. The van der Waals surface area contributed by atoms with E-state index in [0.717, 1.165) is 5.56 Å². The van der Waals surface area contributed by atoms with Gasteiger partial charge in [0.15, 0.2) is 0 Å². The van der Waals surface area contributed by atoms with Crippen LogP contribution in [0.1, 0.15) is 16.7 Å². The minimum Gasteiger partial charge on any atom is -0.392 e. The van der Waals surface area contributed by atoms with Crippen LogP contribution < -0.4 is 5.56 Å². The summed E-state index contributed by atoms with van der Waals surface area (Å²) < 4.78 is 1.41. The van der Waals surface area contributed by atoms with Gasteiger partial charge in [0, 0.05) is 11.1 Å². The predicted molar refractivity (Wildman–Crippen MR) is 64.7 cm³/mol. The molecule has 1 aromatic carbocycles. The second kappa shape index (κ2) is 4.93. The molecular weight excluding hydrogens is 216 g/mol. The van der Waals surface area contributed by atoms with Crippen molar-refractivity contribution in [1.82, 2.24) is 9.78 Å². The van der Waals surface area contributed by atoms with E-state index in [1.54, 1.807) is 13.1 Å². The molecule has 0 spiro atoms. The Morgan fingerprint density at radius 2 is 2.00 bits per heavy atom. The standard InChI is InChI=1S/C13H14N2O2/c1-10-12(9-16)7-14-15(13(10)17)8-11-5-3-2-4-6-11/h2-7,16H,8-9H2,1H3. The van der Waals surface area contributed by atoms with E-state index >= 15 is 0 Å². The van der Waals surface area contributed by atoms with E-state index in [2.05, 4.69) is 5.10 Å². The minimum atomic E-state index is -0.153. The second-order valence-electron chi connectivity index (χ2n) is 3.90. The van der Waals surface area contributed by atoms with Gasteiger partial charge in [0.25, 0.3) is 5.56 Å². The van der Waals surface area contributed by atoms with Crippen LogP contribution in [0.4, 0.5) is 0 Å². The Balaban J connectivity index is 2.35. The van der Waals surface area contributed by atoms with Crippen molar-refractivity contribution in [2.24, 2.45) is 0 Å². The summed E-state index contributed by atoms with van der Waals surface area (Å²) in [5, 5.41) is 13.1. The van der Waals surface area contributed by atoms with Gasteiger partial charge in [0.1, 0.15) is 0 Å². The highest BCUT2D eigenvalue weighted by molar-refractivity contribution is 5.20. The molecule has 0 bridgehead atoms. The molecule has 0 aliphatic heterocycles. The second-order valence-corrected chi connectivity index (χ2v) is 3.90. The SMILES string of the molecule is Cc1c(CO)cnn(Cc2ccccc2)c1=O. The highest BCUT2D eigenvalue weighted by Crippen LogP contribution is 2.02. The molecule has 1 N–H and O–H groups in total. The number of hydrogen-bond acceptors (Lipinski definition) is 3. The molecule has 2 rings (SSSR count). The van der Waals surface area contributed by atoms with Crippen LogP contribution in [0.5, 0.6) is 0 Å². The maximum atomic E-state index is 11.9. The Morgan fingerprint density at radius 3 is 2.65 bits per heavy atom. The smallest absolute Gasteiger partial charge is 0.270 e. The zero-order chi connectivity index (χ0) is 12.3. The Labute approximate surface area is 99.2 Å². The van der Waals surface area contributed by atoms with Crippen LogP contribution in [0.25, 0.3) is 0 Å². The third-order valence-corrected chi connectivity index (χ3v) is 2.74. The average molecular weight is 230 g/mol. The van der Waals surface area contributed by atoms with E-state index in [-0.39, 0.29) is 12.2 Å². The Hall–Kier alpha value is -1.94. The predicted octanol–water partition coefficient (Wildman–Crippen LogP) is 1.09. The maximum absolute atomic E-state index is 11.9. The molecule has 4 nitrogen and oxygen atoms in total. The van der Waals surface area contributed by atoms with Gasteiger partial charge in [-0.05, 0) is 12.5 Å². The average Bonchev–Trinajstić information content (AvgIpc) is 2.37. The molecule has 17 heavy (non-hydrogen) atoms. The monoisotopic (exact) mass is 230 g/mol. The molecular formula is C13H14N2O2. The van der Waals surface area contributed by atoms with E-state index in [1.165, 1.54) is 4.68 Å². The van der Waals surface area contributed by atoms with Crippen LogP contribution in [0.15, 0.2) is 41.3 Å². The molecule has 0 fully saturated rings. The molecule has 88 valence electrons. The number of aliphatic hydroxyl groups is 1. The van der Waals surface area contributed by atoms with E-state index in [4.69, 9.17) is 5.11 Å². The zero-order valence-corrected chi connectivity index (χ0v) is 9.63. The van der Waals surface area contributed by atoms with Gasteiger partial charge in [-0.15, -0.1) is 0 Å². The summed E-state index contributed by atoms with van der Waals surface area (Å²) in [6.07, 6.45) is 1.54. The largest absolute Gasteiger partial charge is 0.392 e. The first-order valence-electron chi connectivity index (χ1n) is 5.42. The maximum Gasteiger partial charge on any atom is 0.270 e. The van der Waals surface area contributed by atoms with Gasteiger partial charge in [-0.25, -0.2) is 4.68 Å². The number of rotatable bonds is 3. The number of nitrogens with zero attached hydrogens (tertiary/aromatic N) is 2. The molecule has 0 saturated heterocycles. The van der Waals surface area contributed by atoms with Gasteiger partial charge in [0.05, 0.1) is 19.3 Å². The summed E-state index contributed by atoms with van der Waals surface area (Å²) in [7, 11) is 0. The fourth-order valence-corrected chi connectivity index (χ4v) is 1.65. The normalized spacial score (nSPS) is 10.5. The van der Waals surface area contributed by atoms with Crippen molar-refractivity contribution < 1.29 is 5.11 Å². The molecule has 0 radical (unpaired) electrons. The van der Waals surface area contributed by atoms with Gasteiger partial charge < -0.3 is 5.11 Å². The van der Waals surface area contributed by atoms with Crippen LogP contribution in [0.3, 0.4) is 0 Å². The van der Waals surface area contributed by atoms with Crippen LogP contribution in [-0.4, -0.2) is 14.9 Å². The topological polar surface area (TPSA) is 55.1 Å². The molecule has 0 aliphatic carbocycles. The molecule has 2 aromatic rings. The number of benzene rings is 1. The molecule has 1 aromatic heterocycles. The minimum absolute atomic E-state index is 0.152. The lowest BCUT2D eigenvalue weighted by atomic mass is 10.2. The Kier molecular flexibility index (Phi) is 3.35. The molecule has 0 unspecified atom stereocenters. The summed E-state index contributed by atoms with van der Waals surface area (Å²) in [5.74, 6) is 0. The lowest BCUT2D eigenvalue weighted by Crippen LogP contribution is -2.26. The number of aromatic nitrogens is 2. The van der Waals surface area contributed by atoms with Crippen LogP contribution >= 0.6 is 0 Å². The van der Waals surface area contributed by atoms with E-state index in [9.17, 15) is 4.79 Å². The Morgan fingerprint density at radius 1 is 1.29 bits per heavy atom. The van der Waals surface area contributed by atoms with Crippen LogP contribution in [-0.2, 0) is 13.2 Å². The molecule has 0 aliphatic rings. The van der Waals surface area contributed by atoms with Gasteiger partial charge in [-0.1, -0.05) is 30.3 Å². The molecule has 4 heteroatoms. The fraction of sp³-hybridized carbons (Fsp3) is 0.231. The van der Waals surface area contributed by atoms with Crippen LogP contribution in [0.2, 0.25) is 0 Å². The van der Waals surface area contributed by atoms with Crippen molar-refractivity contribution in [1.29, 1.82) is 0 Å². The first kappa shape index (κ1) is 11.5. The molecule has 1 heterocycles. The van der Waals surface area contributed by atoms with Gasteiger partial charge in [0.2, 0.25) is 0 Å². The third-order valence-electron chi connectivity index (χ3n) is 2.74. The first-order valence-corrected chi connectivity index (χ1v) is 5.42. The summed E-state index contributed by atoms with van der Waals surface area (Å²) >= 11 is 0.